The van der Waals surface area contributed by atoms with E-state index in [1.807, 2.05) is 0 Å². The van der Waals surface area contributed by atoms with Gasteiger partial charge in [0.15, 0.2) is 0 Å². The van der Waals surface area contributed by atoms with Gasteiger partial charge in [-0.2, -0.15) is 0 Å². The minimum atomic E-state index is -0.955. The van der Waals surface area contributed by atoms with Crippen molar-refractivity contribution in [2.24, 2.45) is 0 Å². The van der Waals surface area contributed by atoms with E-state index in [9.17, 15) is 9.90 Å². The maximum atomic E-state index is 11.3. The Hall–Kier alpha value is -1.54. The first-order valence-electron chi connectivity index (χ1n) is 6.27. The highest BCUT2D eigenvalue weighted by atomic mass is 32.2. The van der Waals surface area contributed by atoms with Crippen molar-refractivity contribution in [3.63, 3.8) is 0 Å². The predicted molar refractivity (Wildman–Crippen MR) is 74.5 cm³/mol. The SMILES string of the molecule is CC#CCCSc1nc(C2CC2)nc(C)c1C(=O)O. The lowest BCUT2D eigenvalue weighted by molar-refractivity contribution is 0.0690. The lowest BCUT2D eigenvalue weighted by Crippen LogP contribution is -2.09. The Labute approximate surface area is 117 Å². The summed E-state index contributed by atoms with van der Waals surface area (Å²) in [5, 5.41) is 9.86. The zero-order valence-corrected chi connectivity index (χ0v) is 11.9. The van der Waals surface area contributed by atoms with Crippen LogP contribution in [0.15, 0.2) is 5.03 Å². The predicted octanol–water partition coefficient (Wildman–Crippen LogP) is 2.87. The summed E-state index contributed by atoms with van der Waals surface area (Å²) >= 11 is 1.45. The maximum Gasteiger partial charge on any atom is 0.340 e. The smallest absolute Gasteiger partial charge is 0.340 e. The summed E-state index contributed by atoms with van der Waals surface area (Å²) in [7, 11) is 0. The molecule has 100 valence electrons. The molecule has 0 radical (unpaired) electrons. The van der Waals surface area contributed by atoms with Crippen LogP contribution in [0.5, 0.6) is 0 Å². The molecule has 1 aliphatic rings. The Bertz CT molecular complexity index is 557. The molecule has 0 unspecified atom stereocenters. The van der Waals surface area contributed by atoms with Crippen LogP contribution < -0.4 is 0 Å². The van der Waals surface area contributed by atoms with Crippen molar-refractivity contribution in [2.45, 2.75) is 44.1 Å². The number of hydrogen-bond donors (Lipinski definition) is 1. The van der Waals surface area contributed by atoms with Crippen molar-refractivity contribution in [3.05, 3.63) is 17.1 Å². The van der Waals surface area contributed by atoms with Gasteiger partial charge >= 0.3 is 5.97 Å². The van der Waals surface area contributed by atoms with Crippen molar-refractivity contribution >= 4 is 17.7 Å². The number of aryl methyl sites for hydroxylation is 1. The minimum Gasteiger partial charge on any atom is -0.478 e. The second-order valence-electron chi connectivity index (χ2n) is 4.45. The molecular formula is C14H16N2O2S. The van der Waals surface area contributed by atoms with Crippen LogP contribution in [0.2, 0.25) is 0 Å². The van der Waals surface area contributed by atoms with Crippen molar-refractivity contribution in [3.8, 4) is 11.8 Å². The summed E-state index contributed by atoms with van der Waals surface area (Å²) in [5.41, 5.74) is 0.798. The number of aromatic carboxylic acids is 1. The number of hydrogen-bond acceptors (Lipinski definition) is 4. The summed E-state index contributed by atoms with van der Waals surface area (Å²) in [6.45, 7) is 3.54. The molecule has 19 heavy (non-hydrogen) atoms. The van der Waals surface area contributed by atoms with Gasteiger partial charge < -0.3 is 5.11 Å². The lowest BCUT2D eigenvalue weighted by Gasteiger charge is -2.09. The van der Waals surface area contributed by atoms with E-state index in [0.717, 1.165) is 30.8 Å². The van der Waals surface area contributed by atoms with Crippen molar-refractivity contribution < 1.29 is 9.90 Å². The molecule has 0 amide bonds. The number of thioether (sulfide) groups is 1. The Balaban J connectivity index is 2.24. The zero-order valence-electron chi connectivity index (χ0n) is 11.1. The molecule has 1 N–H and O–H groups in total. The molecule has 2 rings (SSSR count). The quantitative estimate of drug-likeness (QED) is 0.388. The van der Waals surface area contributed by atoms with Gasteiger partial charge in [0.2, 0.25) is 0 Å². The monoisotopic (exact) mass is 276 g/mol. The fourth-order valence-electron chi connectivity index (χ4n) is 1.77. The summed E-state index contributed by atoms with van der Waals surface area (Å²) in [6, 6.07) is 0. The molecule has 0 bridgehead atoms. The van der Waals surface area contributed by atoms with Gasteiger partial charge in [-0.1, -0.05) is 0 Å². The molecule has 1 saturated carbocycles. The van der Waals surface area contributed by atoms with Crippen LogP contribution >= 0.6 is 11.8 Å². The van der Waals surface area contributed by atoms with Crippen molar-refractivity contribution in [2.75, 3.05) is 5.75 Å². The van der Waals surface area contributed by atoms with E-state index in [4.69, 9.17) is 0 Å². The second-order valence-corrected chi connectivity index (χ2v) is 5.54. The Morgan fingerprint density at radius 3 is 2.79 bits per heavy atom. The summed E-state index contributed by atoms with van der Waals surface area (Å²) in [6.07, 6.45) is 2.95. The van der Waals surface area contributed by atoms with E-state index in [0.29, 0.717) is 16.6 Å². The van der Waals surface area contributed by atoms with Gasteiger partial charge in [-0.3, -0.25) is 0 Å². The van der Waals surface area contributed by atoms with Gasteiger partial charge in [-0.25, -0.2) is 14.8 Å². The van der Waals surface area contributed by atoms with Gasteiger partial charge in [0.1, 0.15) is 16.4 Å². The second kappa shape index (κ2) is 6.07. The topological polar surface area (TPSA) is 63.1 Å². The molecule has 5 heteroatoms. The molecule has 0 saturated heterocycles. The summed E-state index contributed by atoms with van der Waals surface area (Å²) < 4.78 is 0. The van der Waals surface area contributed by atoms with Crippen LogP contribution in [0.4, 0.5) is 0 Å². The molecule has 0 aromatic carbocycles. The van der Waals surface area contributed by atoms with E-state index in [1.165, 1.54) is 11.8 Å². The summed E-state index contributed by atoms with van der Waals surface area (Å²) in [4.78, 5) is 20.1. The molecule has 1 heterocycles. The van der Waals surface area contributed by atoms with Gasteiger partial charge in [0.05, 0.1) is 5.69 Å². The van der Waals surface area contributed by atoms with Gasteiger partial charge in [-0.15, -0.1) is 23.6 Å². The average molecular weight is 276 g/mol. The molecule has 0 aliphatic heterocycles. The third-order valence-electron chi connectivity index (χ3n) is 2.87. The van der Waals surface area contributed by atoms with E-state index < -0.39 is 5.97 Å². The maximum absolute atomic E-state index is 11.3. The molecule has 1 fully saturated rings. The minimum absolute atomic E-state index is 0.235. The summed E-state index contributed by atoms with van der Waals surface area (Å²) in [5.74, 6) is 6.82. The molecule has 1 aromatic heterocycles. The largest absolute Gasteiger partial charge is 0.478 e. The highest BCUT2D eigenvalue weighted by Crippen LogP contribution is 2.39. The van der Waals surface area contributed by atoms with Crippen LogP contribution in [-0.4, -0.2) is 26.8 Å². The normalized spacial score (nSPS) is 13.8. The van der Waals surface area contributed by atoms with Crippen LogP contribution in [0.25, 0.3) is 0 Å². The Kier molecular flexibility index (Phi) is 4.43. The highest BCUT2D eigenvalue weighted by Gasteiger charge is 2.29. The molecule has 1 aliphatic carbocycles. The van der Waals surface area contributed by atoms with E-state index >= 15 is 0 Å². The standard InChI is InChI=1S/C14H16N2O2S/c1-3-4-5-8-19-13-11(14(17)18)9(2)15-12(16-13)10-6-7-10/h10H,5-8H2,1-2H3,(H,17,18). The van der Waals surface area contributed by atoms with Crippen molar-refractivity contribution in [1.82, 2.24) is 9.97 Å². The van der Waals surface area contributed by atoms with Gasteiger partial charge in [0.25, 0.3) is 0 Å². The first-order chi connectivity index (χ1) is 9.13. The fourth-order valence-corrected chi connectivity index (χ4v) is 2.70. The van der Waals surface area contributed by atoms with Crippen LogP contribution in [0, 0.1) is 18.8 Å². The van der Waals surface area contributed by atoms with Crippen LogP contribution in [0.3, 0.4) is 0 Å². The highest BCUT2D eigenvalue weighted by molar-refractivity contribution is 7.99. The average Bonchev–Trinajstić information content (AvgIpc) is 3.17. The third-order valence-corrected chi connectivity index (χ3v) is 3.85. The number of carboxylic acids is 1. The molecule has 0 spiro atoms. The molecule has 1 aromatic rings. The zero-order chi connectivity index (χ0) is 13.8. The number of carbonyl (C=O) groups is 1. The van der Waals surface area contributed by atoms with Gasteiger partial charge in [0, 0.05) is 18.1 Å². The fraction of sp³-hybridized carbons (Fsp3) is 0.500. The Morgan fingerprint density at radius 2 is 2.21 bits per heavy atom. The third kappa shape index (κ3) is 3.48. The number of rotatable bonds is 5. The first-order valence-corrected chi connectivity index (χ1v) is 7.26. The number of carboxylic acid groups (broad SMARTS) is 1. The molecule has 4 nitrogen and oxygen atoms in total. The first kappa shape index (κ1) is 13.9. The van der Waals surface area contributed by atoms with Crippen LogP contribution in [-0.2, 0) is 0 Å². The number of aromatic nitrogens is 2. The van der Waals surface area contributed by atoms with E-state index in [-0.39, 0.29) is 5.56 Å². The Morgan fingerprint density at radius 1 is 1.47 bits per heavy atom. The van der Waals surface area contributed by atoms with Crippen LogP contribution in [0.1, 0.15) is 54.0 Å². The van der Waals surface area contributed by atoms with E-state index in [2.05, 4.69) is 21.8 Å². The number of nitrogens with zero attached hydrogens (tertiary/aromatic N) is 2. The van der Waals surface area contributed by atoms with E-state index in [1.54, 1.807) is 13.8 Å². The molecule has 0 atom stereocenters. The lowest BCUT2D eigenvalue weighted by atomic mass is 10.2. The molecular weight excluding hydrogens is 260 g/mol. The van der Waals surface area contributed by atoms with Gasteiger partial charge in [-0.05, 0) is 26.7 Å². The van der Waals surface area contributed by atoms with Crippen molar-refractivity contribution in [1.29, 1.82) is 0 Å².